The summed E-state index contributed by atoms with van der Waals surface area (Å²) in [5.41, 5.74) is 3.66. The highest BCUT2D eigenvalue weighted by Gasteiger charge is 2.33. The van der Waals surface area contributed by atoms with Crippen molar-refractivity contribution in [1.29, 1.82) is 0 Å². The number of nitrogens with zero attached hydrogens (tertiary/aromatic N) is 7. The average molecular weight is 752 g/mol. The lowest BCUT2D eigenvalue weighted by molar-refractivity contribution is -0.135. The van der Waals surface area contributed by atoms with Gasteiger partial charge in [-0.1, -0.05) is 6.07 Å². The van der Waals surface area contributed by atoms with E-state index in [0.29, 0.717) is 35.3 Å². The van der Waals surface area contributed by atoms with Crippen LogP contribution in [0, 0.1) is 11.7 Å². The van der Waals surface area contributed by atoms with E-state index >= 15 is 0 Å². The summed E-state index contributed by atoms with van der Waals surface area (Å²) in [4.78, 5) is 59.5. The zero-order valence-electron chi connectivity index (χ0n) is 31.3. The number of piperidine rings is 2. The Hall–Kier alpha value is -5.57. The minimum absolute atomic E-state index is 0.107. The van der Waals surface area contributed by atoms with Gasteiger partial charge in [0.2, 0.25) is 11.8 Å². The van der Waals surface area contributed by atoms with Crippen LogP contribution in [0.25, 0.3) is 21.9 Å². The highest BCUT2D eigenvalue weighted by Crippen LogP contribution is 2.37. The third kappa shape index (κ3) is 7.08. The van der Waals surface area contributed by atoms with Gasteiger partial charge in [0.25, 0.3) is 5.91 Å². The second-order valence-corrected chi connectivity index (χ2v) is 15.2. The molecular formula is C40H46FN9O5. The van der Waals surface area contributed by atoms with Crippen LogP contribution in [0.15, 0.2) is 59.7 Å². The van der Waals surface area contributed by atoms with Gasteiger partial charge in [0.05, 0.1) is 47.3 Å². The molecule has 3 aromatic heterocycles. The molecule has 3 amide bonds. The number of amides is 3. The fourth-order valence-corrected chi connectivity index (χ4v) is 8.82. The zero-order chi connectivity index (χ0) is 38.4. The molecule has 288 valence electrons. The number of pyridine rings is 1. The number of hydrogen-bond acceptors (Lipinski definition) is 9. The molecule has 55 heavy (non-hydrogen) atoms. The van der Waals surface area contributed by atoms with E-state index in [9.17, 15) is 23.6 Å². The van der Waals surface area contributed by atoms with Crippen molar-refractivity contribution >= 4 is 51.0 Å². The van der Waals surface area contributed by atoms with E-state index in [1.165, 1.54) is 12.1 Å². The van der Waals surface area contributed by atoms with Crippen molar-refractivity contribution < 1.29 is 23.5 Å². The van der Waals surface area contributed by atoms with Crippen molar-refractivity contribution in [3.63, 3.8) is 0 Å². The molecule has 2 N–H and O–H groups in total. The highest BCUT2D eigenvalue weighted by atomic mass is 19.1. The minimum Gasteiger partial charge on any atom is -0.494 e. The number of hydrogen-bond donors (Lipinski definition) is 2. The molecule has 2 aliphatic heterocycles. The average Bonchev–Trinajstić information content (AvgIpc) is 3.72. The molecule has 1 aliphatic carbocycles. The number of halogens is 1. The Bertz CT molecular complexity index is 2320. The molecule has 14 nitrogen and oxygen atoms in total. The molecule has 0 radical (unpaired) electrons. The summed E-state index contributed by atoms with van der Waals surface area (Å²) in [6, 6.07) is 12.2. The van der Waals surface area contributed by atoms with Crippen LogP contribution in [-0.2, 0) is 16.6 Å². The van der Waals surface area contributed by atoms with Crippen molar-refractivity contribution in [2.75, 3.05) is 44.0 Å². The van der Waals surface area contributed by atoms with Gasteiger partial charge in [0, 0.05) is 56.8 Å². The Morgan fingerprint density at radius 1 is 1.04 bits per heavy atom. The highest BCUT2D eigenvalue weighted by molar-refractivity contribution is 6.05. The van der Waals surface area contributed by atoms with Gasteiger partial charge in [0.1, 0.15) is 23.3 Å². The summed E-state index contributed by atoms with van der Waals surface area (Å²) < 4.78 is 24.1. The van der Waals surface area contributed by atoms with E-state index in [1.54, 1.807) is 23.3 Å². The number of benzene rings is 2. The zero-order valence-corrected chi connectivity index (χ0v) is 31.3. The normalized spacial score (nSPS) is 21.0. The fourth-order valence-electron chi connectivity index (χ4n) is 8.82. The summed E-state index contributed by atoms with van der Waals surface area (Å²) in [5.74, 6) is -0.607. The maximum atomic E-state index is 13.4. The number of imidazole rings is 1. The molecular weight excluding hydrogens is 705 g/mol. The second-order valence-electron chi connectivity index (χ2n) is 15.2. The Morgan fingerprint density at radius 3 is 2.53 bits per heavy atom. The van der Waals surface area contributed by atoms with Crippen molar-refractivity contribution in [2.45, 2.75) is 69.5 Å². The molecule has 1 unspecified atom stereocenters. The van der Waals surface area contributed by atoms with Crippen LogP contribution < -0.4 is 26.0 Å². The van der Waals surface area contributed by atoms with E-state index in [-0.39, 0.29) is 29.8 Å². The number of para-hydroxylation sites is 1. The monoisotopic (exact) mass is 751 g/mol. The molecule has 0 bridgehead atoms. The predicted octanol–water partition coefficient (Wildman–Crippen LogP) is 4.79. The quantitative estimate of drug-likeness (QED) is 0.203. The van der Waals surface area contributed by atoms with E-state index in [4.69, 9.17) is 9.84 Å². The molecule has 2 aromatic carbocycles. The number of ether oxygens (including phenoxy) is 1. The summed E-state index contributed by atoms with van der Waals surface area (Å²) in [6.45, 7) is 2.77. The predicted molar refractivity (Wildman–Crippen MR) is 206 cm³/mol. The Labute approximate surface area is 317 Å². The van der Waals surface area contributed by atoms with E-state index in [0.717, 1.165) is 86.5 Å². The van der Waals surface area contributed by atoms with Crippen LogP contribution in [0.4, 0.5) is 15.8 Å². The maximum absolute atomic E-state index is 13.4. The molecule has 1 atom stereocenters. The molecule has 1 saturated carbocycles. The SMILES string of the molecule is COc1cc2nn(C3CCC(CN(C)C4CCN(c5cccc6c5n(C)c(=O)n6C5CCC(=O)NC5=O)CC4)CC3)cc2cc1NC(=O)c1ccc(F)cn1. The topological polar surface area (TPSA) is 149 Å². The number of nitrogens with one attached hydrogen (secondary N) is 2. The smallest absolute Gasteiger partial charge is 0.329 e. The van der Waals surface area contributed by atoms with Crippen LogP contribution in [0.1, 0.15) is 73.9 Å². The molecule has 3 fully saturated rings. The van der Waals surface area contributed by atoms with Gasteiger partial charge in [-0.05, 0) is 88.2 Å². The van der Waals surface area contributed by atoms with Crippen LogP contribution in [0.2, 0.25) is 0 Å². The third-order valence-electron chi connectivity index (χ3n) is 11.8. The molecule has 8 rings (SSSR count). The molecule has 5 heterocycles. The number of imide groups is 1. The molecule has 0 spiro atoms. The van der Waals surface area contributed by atoms with Crippen LogP contribution >= 0.6 is 0 Å². The summed E-state index contributed by atoms with van der Waals surface area (Å²) in [6.07, 6.45) is 9.88. The first kappa shape index (κ1) is 36.4. The lowest BCUT2D eigenvalue weighted by Gasteiger charge is -2.40. The summed E-state index contributed by atoms with van der Waals surface area (Å²) in [7, 11) is 5.54. The number of aromatic nitrogens is 5. The largest absolute Gasteiger partial charge is 0.494 e. The van der Waals surface area contributed by atoms with E-state index in [2.05, 4.69) is 43.2 Å². The Kier molecular flexibility index (Phi) is 9.88. The number of aryl methyl sites for hydroxylation is 1. The van der Waals surface area contributed by atoms with Gasteiger partial charge in [0.15, 0.2) is 0 Å². The molecule has 2 saturated heterocycles. The number of anilines is 2. The van der Waals surface area contributed by atoms with Crippen molar-refractivity contribution in [3.05, 3.63) is 76.9 Å². The summed E-state index contributed by atoms with van der Waals surface area (Å²) in [5, 5.41) is 11.0. The van der Waals surface area contributed by atoms with Gasteiger partial charge in [-0.3, -0.25) is 33.5 Å². The number of carbonyl (C=O) groups is 3. The fraction of sp³-hybridized carbons (Fsp3) is 0.450. The molecule has 15 heteroatoms. The first-order chi connectivity index (χ1) is 26.6. The van der Waals surface area contributed by atoms with Crippen LogP contribution in [0.5, 0.6) is 5.75 Å². The van der Waals surface area contributed by atoms with Crippen LogP contribution in [-0.4, -0.2) is 86.4 Å². The first-order valence-electron chi connectivity index (χ1n) is 19.1. The van der Waals surface area contributed by atoms with Crippen molar-refractivity contribution in [3.8, 4) is 5.75 Å². The Balaban J connectivity index is 0.866. The van der Waals surface area contributed by atoms with E-state index in [1.807, 2.05) is 30.5 Å². The lowest BCUT2D eigenvalue weighted by atomic mass is 9.85. The standard InChI is InChI=1S/C40H46FN9O5/c1-46(27-15-17-48(18-16-27)32-5-4-6-33-37(32)47(2)40(54)50(33)34-13-14-36(51)44-39(34)53)22-24-7-10-28(11-8-24)49-23-25-19-31(35(55-3)20-30(25)45-49)43-38(52)29-12-9-26(41)21-42-29/h4-6,9,12,19-21,23-24,27-28,34H,7-8,10-11,13-18,22H2,1-3H3,(H,43,52)(H,44,51,53). The Morgan fingerprint density at radius 2 is 1.82 bits per heavy atom. The van der Waals surface area contributed by atoms with E-state index < -0.39 is 23.7 Å². The van der Waals surface area contributed by atoms with Gasteiger partial charge in [-0.25, -0.2) is 14.2 Å². The lowest BCUT2D eigenvalue weighted by Crippen LogP contribution is -2.45. The van der Waals surface area contributed by atoms with Gasteiger partial charge >= 0.3 is 5.69 Å². The van der Waals surface area contributed by atoms with Crippen LogP contribution in [0.3, 0.4) is 0 Å². The number of rotatable bonds is 9. The van der Waals surface area contributed by atoms with Gasteiger partial charge in [-0.2, -0.15) is 5.10 Å². The second kappa shape index (κ2) is 14.9. The number of carbonyl (C=O) groups excluding carboxylic acids is 3. The first-order valence-corrected chi connectivity index (χ1v) is 19.1. The summed E-state index contributed by atoms with van der Waals surface area (Å²) >= 11 is 0. The minimum atomic E-state index is -0.704. The van der Waals surface area contributed by atoms with Crippen molar-refractivity contribution in [2.24, 2.45) is 13.0 Å². The van der Waals surface area contributed by atoms with Crippen molar-refractivity contribution in [1.82, 2.24) is 34.1 Å². The molecule has 5 aromatic rings. The number of methoxy groups -OCH3 is 1. The maximum Gasteiger partial charge on any atom is 0.329 e. The molecule has 3 aliphatic rings. The van der Waals surface area contributed by atoms with Gasteiger partial charge in [-0.15, -0.1) is 0 Å². The number of fused-ring (bicyclic) bond motifs is 2. The van der Waals surface area contributed by atoms with Gasteiger partial charge < -0.3 is 19.9 Å². The third-order valence-corrected chi connectivity index (χ3v) is 11.8.